The van der Waals surface area contributed by atoms with E-state index in [1.54, 1.807) is 0 Å². The Balaban J connectivity index is 2.31. The van der Waals surface area contributed by atoms with E-state index in [2.05, 4.69) is 13.8 Å². The third-order valence-corrected chi connectivity index (χ3v) is 6.61. The SMILES string of the molecule is CC(C)COC(=O)CC(C(=O)OCC(C)C)(C1CCCCC1)C1CCCCC1. The van der Waals surface area contributed by atoms with Gasteiger partial charge in [0.05, 0.1) is 25.0 Å². The second-order valence-corrected chi connectivity index (χ2v) is 9.96. The van der Waals surface area contributed by atoms with Gasteiger partial charge >= 0.3 is 11.9 Å². The van der Waals surface area contributed by atoms with Crippen molar-refractivity contribution in [2.75, 3.05) is 13.2 Å². The van der Waals surface area contributed by atoms with Crippen LogP contribution in [-0.4, -0.2) is 25.2 Å². The number of hydrogen-bond donors (Lipinski definition) is 0. The molecule has 0 bridgehead atoms. The lowest BCUT2D eigenvalue weighted by Crippen LogP contribution is -2.49. The van der Waals surface area contributed by atoms with Gasteiger partial charge < -0.3 is 9.47 Å². The Hall–Kier alpha value is -1.06. The third kappa shape index (κ3) is 6.22. The van der Waals surface area contributed by atoms with Gasteiger partial charge in [-0.15, -0.1) is 0 Å². The van der Waals surface area contributed by atoms with Crippen molar-refractivity contribution in [1.29, 1.82) is 0 Å². The van der Waals surface area contributed by atoms with Gasteiger partial charge in [0.25, 0.3) is 0 Å². The van der Waals surface area contributed by atoms with Gasteiger partial charge in [-0.05, 0) is 49.4 Å². The van der Waals surface area contributed by atoms with Gasteiger partial charge in [-0.3, -0.25) is 9.59 Å². The van der Waals surface area contributed by atoms with Crippen LogP contribution in [0.5, 0.6) is 0 Å². The Labute approximate surface area is 172 Å². The molecule has 162 valence electrons. The Bertz CT molecular complexity index is 467. The van der Waals surface area contributed by atoms with E-state index >= 15 is 0 Å². The van der Waals surface area contributed by atoms with Gasteiger partial charge in [-0.25, -0.2) is 0 Å². The lowest BCUT2D eigenvalue weighted by atomic mass is 9.57. The van der Waals surface area contributed by atoms with Crippen LogP contribution in [0.2, 0.25) is 0 Å². The molecule has 4 nitrogen and oxygen atoms in total. The van der Waals surface area contributed by atoms with Gasteiger partial charge in [-0.2, -0.15) is 0 Å². The minimum absolute atomic E-state index is 0.124. The topological polar surface area (TPSA) is 52.6 Å². The van der Waals surface area contributed by atoms with Crippen LogP contribution in [0.25, 0.3) is 0 Å². The fourth-order valence-electron chi connectivity index (χ4n) is 5.19. The summed E-state index contributed by atoms with van der Waals surface area (Å²) in [6, 6.07) is 0. The summed E-state index contributed by atoms with van der Waals surface area (Å²) in [5, 5.41) is 0. The molecule has 2 aliphatic rings. The van der Waals surface area contributed by atoms with Crippen LogP contribution >= 0.6 is 0 Å². The quantitative estimate of drug-likeness (QED) is 0.455. The molecule has 0 aromatic carbocycles. The van der Waals surface area contributed by atoms with E-state index < -0.39 is 5.41 Å². The molecule has 2 saturated carbocycles. The van der Waals surface area contributed by atoms with E-state index in [1.807, 2.05) is 13.8 Å². The third-order valence-electron chi connectivity index (χ3n) is 6.61. The highest BCUT2D eigenvalue weighted by Gasteiger charge is 2.54. The average molecular weight is 395 g/mol. The van der Waals surface area contributed by atoms with Gasteiger partial charge in [0, 0.05) is 0 Å². The number of ether oxygens (including phenoxy) is 2. The van der Waals surface area contributed by atoms with Crippen molar-refractivity contribution in [3.05, 3.63) is 0 Å². The Morgan fingerprint density at radius 3 is 1.61 bits per heavy atom. The maximum Gasteiger partial charge on any atom is 0.313 e. The van der Waals surface area contributed by atoms with Crippen molar-refractivity contribution in [2.45, 2.75) is 98.3 Å². The highest BCUT2D eigenvalue weighted by molar-refractivity contribution is 5.84. The van der Waals surface area contributed by atoms with Crippen LogP contribution in [-0.2, 0) is 19.1 Å². The van der Waals surface area contributed by atoms with Crippen LogP contribution < -0.4 is 0 Å². The summed E-state index contributed by atoms with van der Waals surface area (Å²) in [5.74, 6) is 0.752. The highest BCUT2D eigenvalue weighted by atomic mass is 16.5. The zero-order valence-electron chi connectivity index (χ0n) is 18.6. The minimum atomic E-state index is -0.691. The first-order chi connectivity index (χ1) is 13.4. The monoisotopic (exact) mass is 394 g/mol. The normalized spacial score (nSPS) is 19.8. The number of carbonyl (C=O) groups is 2. The minimum Gasteiger partial charge on any atom is -0.465 e. The molecule has 2 rings (SSSR count). The van der Waals surface area contributed by atoms with E-state index in [0.29, 0.717) is 25.0 Å². The van der Waals surface area contributed by atoms with Crippen LogP contribution in [0.4, 0.5) is 0 Å². The number of carbonyl (C=O) groups excluding carboxylic acids is 2. The van der Waals surface area contributed by atoms with E-state index in [-0.39, 0.29) is 30.2 Å². The fraction of sp³-hybridized carbons (Fsp3) is 0.917. The lowest BCUT2D eigenvalue weighted by Gasteiger charge is -2.46. The van der Waals surface area contributed by atoms with Crippen molar-refractivity contribution in [3.8, 4) is 0 Å². The standard InChI is InChI=1S/C24H42O4/c1-18(2)16-27-22(25)15-24(20-11-7-5-8-12-20,21-13-9-6-10-14-21)23(26)28-17-19(3)4/h18-21H,5-17H2,1-4H3. The Morgan fingerprint density at radius 2 is 1.18 bits per heavy atom. The zero-order chi connectivity index (χ0) is 20.6. The van der Waals surface area contributed by atoms with Crippen molar-refractivity contribution >= 4 is 11.9 Å². The number of hydrogen-bond acceptors (Lipinski definition) is 4. The largest absolute Gasteiger partial charge is 0.465 e. The van der Waals surface area contributed by atoms with Crippen LogP contribution in [0.3, 0.4) is 0 Å². The molecular weight excluding hydrogens is 352 g/mol. The van der Waals surface area contributed by atoms with Gasteiger partial charge in [0.15, 0.2) is 0 Å². The molecule has 28 heavy (non-hydrogen) atoms. The molecule has 0 unspecified atom stereocenters. The molecule has 0 heterocycles. The molecule has 0 aromatic rings. The van der Waals surface area contributed by atoms with E-state index in [0.717, 1.165) is 51.4 Å². The summed E-state index contributed by atoms with van der Waals surface area (Å²) < 4.78 is 11.4. The van der Waals surface area contributed by atoms with E-state index in [4.69, 9.17) is 9.47 Å². The van der Waals surface area contributed by atoms with Crippen molar-refractivity contribution in [3.63, 3.8) is 0 Å². The summed E-state index contributed by atoms with van der Waals surface area (Å²) in [5.41, 5.74) is -0.691. The first-order valence-electron chi connectivity index (χ1n) is 11.7. The van der Waals surface area contributed by atoms with Gasteiger partial charge in [-0.1, -0.05) is 66.2 Å². The molecule has 0 amide bonds. The van der Waals surface area contributed by atoms with Crippen molar-refractivity contribution < 1.29 is 19.1 Å². The second kappa shape index (κ2) is 11.2. The molecule has 0 spiro atoms. The Morgan fingerprint density at radius 1 is 0.750 bits per heavy atom. The molecule has 0 atom stereocenters. The van der Waals surface area contributed by atoms with E-state index in [1.165, 1.54) is 12.8 Å². The summed E-state index contributed by atoms with van der Waals surface area (Å²) in [4.78, 5) is 26.5. The summed E-state index contributed by atoms with van der Waals surface area (Å²) in [7, 11) is 0. The van der Waals surface area contributed by atoms with Crippen LogP contribution in [0.1, 0.15) is 98.3 Å². The molecule has 0 aliphatic heterocycles. The fourth-order valence-corrected chi connectivity index (χ4v) is 5.19. The van der Waals surface area contributed by atoms with Crippen molar-refractivity contribution in [1.82, 2.24) is 0 Å². The highest BCUT2D eigenvalue weighted by Crippen LogP contribution is 2.52. The van der Waals surface area contributed by atoms with Crippen LogP contribution in [0.15, 0.2) is 0 Å². The molecule has 4 heteroatoms. The predicted molar refractivity (Wildman–Crippen MR) is 112 cm³/mol. The molecule has 0 aromatic heterocycles. The first kappa shape index (κ1) is 23.2. The molecule has 0 N–H and O–H groups in total. The summed E-state index contributed by atoms with van der Waals surface area (Å²) in [6.07, 6.45) is 11.4. The average Bonchev–Trinajstić information content (AvgIpc) is 2.70. The number of esters is 2. The lowest BCUT2D eigenvalue weighted by molar-refractivity contribution is -0.176. The Kier molecular flexibility index (Phi) is 9.30. The molecule has 0 saturated heterocycles. The smallest absolute Gasteiger partial charge is 0.313 e. The number of rotatable bonds is 9. The molecule has 0 radical (unpaired) electrons. The van der Waals surface area contributed by atoms with Crippen LogP contribution in [0, 0.1) is 29.1 Å². The van der Waals surface area contributed by atoms with E-state index in [9.17, 15) is 9.59 Å². The maximum atomic E-state index is 13.6. The second-order valence-electron chi connectivity index (χ2n) is 9.96. The summed E-state index contributed by atoms with van der Waals surface area (Å²) >= 11 is 0. The molecular formula is C24H42O4. The maximum absolute atomic E-state index is 13.6. The molecule has 2 aliphatic carbocycles. The van der Waals surface area contributed by atoms with Gasteiger partial charge in [0.1, 0.15) is 0 Å². The first-order valence-corrected chi connectivity index (χ1v) is 11.7. The van der Waals surface area contributed by atoms with Crippen molar-refractivity contribution in [2.24, 2.45) is 29.1 Å². The predicted octanol–water partition coefficient (Wildman–Crippen LogP) is 5.92. The van der Waals surface area contributed by atoms with Gasteiger partial charge in [0.2, 0.25) is 0 Å². The molecule has 2 fully saturated rings. The zero-order valence-corrected chi connectivity index (χ0v) is 18.6. The summed E-state index contributed by atoms with van der Waals surface area (Å²) in [6.45, 7) is 9.06.